The molecule has 1 aliphatic rings. The first-order valence-electron chi connectivity index (χ1n) is 10.5. The Morgan fingerprint density at radius 3 is 2.41 bits per heavy atom. The van der Waals surface area contributed by atoms with Gasteiger partial charge in [0, 0.05) is 56.6 Å². The summed E-state index contributed by atoms with van der Waals surface area (Å²) in [5, 5.41) is 22.8. The Hall–Kier alpha value is -2.97. The Morgan fingerprint density at radius 1 is 1.15 bits per heavy atom. The summed E-state index contributed by atoms with van der Waals surface area (Å²) in [7, 11) is -3.92. The van der Waals surface area contributed by atoms with Gasteiger partial charge in [0.25, 0.3) is 5.69 Å². The standard InChI is InChI=1S/C20H26N6O6S2/c1-20(2,3)18-22-23-19(33-18)21-16(27)7-8-17(28)24-9-11-25(12-10-24)34(31,32)15-6-4-5-14(13-15)26(29)30/h4-6,13H,7-12H2,1-3H3,(H,21,23,27). The molecule has 0 radical (unpaired) electrons. The quantitative estimate of drug-likeness (QED) is 0.438. The van der Waals surface area contributed by atoms with E-state index < -0.39 is 14.9 Å². The predicted molar refractivity (Wildman–Crippen MR) is 125 cm³/mol. The topological polar surface area (TPSA) is 156 Å². The van der Waals surface area contributed by atoms with Gasteiger partial charge in [0.05, 0.1) is 9.82 Å². The summed E-state index contributed by atoms with van der Waals surface area (Å²) in [4.78, 5) is 36.3. The average molecular weight is 511 g/mol. The fraction of sp³-hybridized carbons (Fsp3) is 0.500. The summed E-state index contributed by atoms with van der Waals surface area (Å²) in [6.07, 6.45) is -0.0517. The Morgan fingerprint density at radius 2 is 1.82 bits per heavy atom. The number of nitro benzene ring substituents is 1. The number of non-ortho nitro benzene ring substituents is 1. The van der Waals surface area contributed by atoms with Crippen molar-refractivity contribution >= 4 is 44.0 Å². The Balaban J connectivity index is 1.49. The average Bonchev–Trinajstić information content (AvgIpc) is 3.26. The third kappa shape index (κ3) is 6.12. The molecule has 12 nitrogen and oxygen atoms in total. The zero-order chi connectivity index (χ0) is 25.1. The highest BCUT2D eigenvalue weighted by Crippen LogP contribution is 2.28. The van der Waals surface area contributed by atoms with E-state index in [1.54, 1.807) is 0 Å². The van der Waals surface area contributed by atoms with Gasteiger partial charge < -0.3 is 10.2 Å². The van der Waals surface area contributed by atoms with Crippen molar-refractivity contribution in [1.29, 1.82) is 0 Å². The lowest BCUT2D eigenvalue weighted by molar-refractivity contribution is -0.385. The van der Waals surface area contributed by atoms with Crippen molar-refractivity contribution in [3.63, 3.8) is 0 Å². The van der Waals surface area contributed by atoms with E-state index >= 15 is 0 Å². The number of rotatable bonds is 7. The lowest BCUT2D eigenvalue weighted by Crippen LogP contribution is -2.50. The molecule has 34 heavy (non-hydrogen) atoms. The lowest BCUT2D eigenvalue weighted by atomic mass is 9.98. The molecule has 1 fully saturated rings. The van der Waals surface area contributed by atoms with Gasteiger partial charge >= 0.3 is 0 Å². The number of benzene rings is 1. The van der Waals surface area contributed by atoms with Crippen LogP contribution in [0, 0.1) is 10.1 Å². The molecule has 1 saturated heterocycles. The molecule has 0 saturated carbocycles. The minimum absolute atomic E-state index is 0.0194. The van der Waals surface area contributed by atoms with Crippen molar-refractivity contribution in [2.45, 2.75) is 43.9 Å². The summed E-state index contributed by atoms with van der Waals surface area (Å²) in [5.74, 6) is -0.605. The van der Waals surface area contributed by atoms with E-state index in [2.05, 4.69) is 15.5 Å². The maximum Gasteiger partial charge on any atom is 0.270 e. The molecular weight excluding hydrogens is 484 g/mol. The molecule has 2 amide bonds. The Kier molecular flexibility index (Phi) is 7.63. The zero-order valence-corrected chi connectivity index (χ0v) is 20.7. The molecule has 1 N–H and O–H groups in total. The van der Waals surface area contributed by atoms with Crippen molar-refractivity contribution in [2.24, 2.45) is 0 Å². The van der Waals surface area contributed by atoms with Crippen LogP contribution in [0.1, 0.15) is 38.6 Å². The smallest absolute Gasteiger partial charge is 0.270 e. The largest absolute Gasteiger partial charge is 0.340 e. The van der Waals surface area contributed by atoms with Crippen molar-refractivity contribution in [2.75, 3.05) is 31.5 Å². The predicted octanol–water partition coefficient (Wildman–Crippen LogP) is 2.00. The third-order valence-electron chi connectivity index (χ3n) is 5.14. The normalized spacial score (nSPS) is 15.2. The number of anilines is 1. The highest BCUT2D eigenvalue weighted by molar-refractivity contribution is 7.89. The molecule has 0 atom stereocenters. The summed E-state index contributed by atoms with van der Waals surface area (Å²) < 4.78 is 26.9. The molecule has 0 unspecified atom stereocenters. The number of carbonyl (C=O) groups is 2. The molecular formula is C20H26N6O6S2. The molecule has 0 aliphatic carbocycles. The van der Waals surface area contributed by atoms with Crippen LogP contribution < -0.4 is 5.32 Å². The Bertz CT molecular complexity index is 1180. The van der Waals surface area contributed by atoms with Crippen LogP contribution in [0.5, 0.6) is 0 Å². The number of nitro groups is 1. The van der Waals surface area contributed by atoms with Gasteiger partial charge in [-0.2, -0.15) is 4.31 Å². The highest BCUT2D eigenvalue weighted by atomic mass is 32.2. The van der Waals surface area contributed by atoms with Crippen molar-refractivity contribution in [3.8, 4) is 0 Å². The number of nitrogens with one attached hydrogen (secondary N) is 1. The van der Waals surface area contributed by atoms with Crippen molar-refractivity contribution in [1.82, 2.24) is 19.4 Å². The van der Waals surface area contributed by atoms with Crippen molar-refractivity contribution < 1.29 is 22.9 Å². The number of sulfonamides is 1. The van der Waals surface area contributed by atoms with Gasteiger partial charge in [0.1, 0.15) is 5.01 Å². The van der Waals surface area contributed by atoms with E-state index in [9.17, 15) is 28.1 Å². The van der Waals surface area contributed by atoms with Gasteiger partial charge in [-0.05, 0) is 6.07 Å². The van der Waals surface area contributed by atoms with E-state index in [-0.39, 0.29) is 66.8 Å². The fourth-order valence-electron chi connectivity index (χ4n) is 3.22. The molecule has 1 aromatic carbocycles. The summed E-state index contributed by atoms with van der Waals surface area (Å²) >= 11 is 1.28. The van der Waals surface area contributed by atoms with Crippen LogP contribution in [-0.2, 0) is 25.0 Å². The molecule has 2 aromatic rings. The van der Waals surface area contributed by atoms with E-state index in [0.29, 0.717) is 5.13 Å². The third-order valence-corrected chi connectivity index (χ3v) is 8.30. The van der Waals surface area contributed by atoms with Gasteiger partial charge in [-0.15, -0.1) is 10.2 Å². The number of carbonyl (C=O) groups excluding carboxylic acids is 2. The maximum absolute atomic E-state index is 12.8. The molecule has 0 bridgehead atoms. The summed E-state index contributed by atoms with van der Waals surface area (Å²) in [5.41, 5.74) is -0.488. The van der Waals surface area contributed by atoms with Crippen LogP contribution in [0.15, 0.2) is 29.2 Å². The van der Waals surface area contributed by atoms with Crippen LogP contribution in [0.25, 0.3) is 0 Å². The minimum Gasteiger partial charge on any atom is -0.340 e. The number of hydrogen-bond acceptors (Lipinski definition) is 9. The summed E-state index contributed by atoms with van der Waals surface area (Å²) in [6, 6.07) is 4.87. The second kappa shape index (κ2) is 10.1. The second-order valence-electron chi connectivity index (χ2n) is 8.75. The number of hydrogen-bond donors (Lipinski definition) is 1. The SMILES string of the molecule is CC(C)(C)c1nnc(NC(=O)CCC(=O)N2CCN(S(=O)(=O)c3cccc([N+](=O)[O-])c3)CC2)s1. The van der Waals surface area contributed by atoms with Gasteiger partial charge in [-0.25, -0.2) is 8.42 Å². The second-order valence-corrected chi connectivity index (χ2v) is 11.7. The van der Waals surface area contributed by atoms with E-state index in [4.69, 9.17) is 0 Å². The molecule has 14 heteroatoms. The van der Waals surface area contributed by atoms with Crippen LogP contribution in [0.2, 0.25) is 0 Å². The van der Waals surface area contributed by atoms with E-state index in [0.717, 1.165) is 11.1 Å². The van der Waals surface area contributed by atoms with Crippen molar-refractivity contribution in [3.05, 3.63) is 39.4 Å². The van der Waals surface area contributed by atoms with Crippen LogP contribution in [0.3, 0.4) is 0 Å². The maximum atomic E-state index is 12.8. The molecule has 1 aromatic heterocycles. The monoisotopic (exact) mass is 510 g/mol. The van der Waals surface area contributed by atoms with E-state index in [1.807, 2.05) is 20.8 Å². The first-order chi connectivity index (χ1) is 15.9. The molecule has 1 aliphatic heterocycles. The first kappa shape index (κ1) is 25.6. The molecule has 0 spiro atoms. The number of amides is 2. The fourth-order valence-corrected chi connectivity index (χ4v) is 5.50. The first-order valence-corrected chi connectivity index (χ1v) is 12.8. The van der Waals surface area contributed by atoms with Crippen LogP contribution in [0.4, 0.5) is 10.8 Å². The van der Waals surface area contributed by atoms with Gasteiger partial charge in [0.2, 0.25) is 27.0 Å². The van der Waals surface area contributed by atoms with Crippen LogP contribution in [-0.4, -0.2) is 70.7 Å². The molecule has 184 valence electrons. The molecule has 2 heterocycles. The summed E-state index contributed by atoms with van der Waals surface area (Å²) in [6.45, 7) is 6.43. The van der Waals surface area contributed by atoms with Gasteiger partial charge in [-0.1, -0.05) is 38.2 Å². The highest BCUT2D eigenvalue weighted by Gasteiger charge is 2.31. The van der Waals surface area contributed by atoms with Gasteiger partial charge in [-0.3, -0.25) is 19.7 Å². The van der Waals surface area contributed by atoms with E-state index in [1.165, 1.54) is 38.7 Å². The number of nitrogens with zero attached hydrogens (tertiary/aromatic N) is 5. The molecule has 3 rings (SSSR count). The van der Waals surface area contributed by atoms with Gasteiger partial charge in [0.15, 0.2) is 0 Å². The number of piperazine rings is 1. The van der Waals surface area contributed by atoms with Crippen LogP contribution >= 0.6 is 11.3 Å². The Labute approximate surface area is 201 Å². The lowest BCUT2D eigenvalue weighted by Gasteiger charge is -2.34. The number of aromatic nitrogens is 2. The zero-order valence-electron chi connectivity index (χ0n) is 19.1. The minimum atomic E-state index is -3.92.